The lowest BCUT2D eigenvalue weighted by Crippen LogP contribution is -2.42. The second-order valence-electron chi connectivity index (χ2n) is 4.78. The Morgan fingerprint density at radius 2 is 2.33 bits per heavy atom. The highest BCUT2D eigenvalue weighted by Gasteiger charge is 2.25. The molecule has 6 nitrogen and oxygen atoms in total. The molecule has 2 atom stereocenters. The summed E-state index contributed by atoms with van der Waals surface area (Å²) in [7, 11) is 0. The number of piperidine rings is 1. The molecule has 2 heterocycles. The van der Waals surface area contributed by atoms with Gasteiger partial charge in [0.1, 0.15) is 11.6 Å². The zero-order valence-electron chi connectivity index (χ0n) is 10.9. The molecule has 1 aliphatic heterocycles. The molecule has 1 aromatic heterocycles. The minimum atomic E-state index is -0.214. The summed E-state index contributed by atoms with van der Waals surface area (Å²) >= 11 is 0. The Balaban J connectivity index is 2.17. The highest BCUT2D eigenvalue weighted by atomic mass is 16.3. The molecule has 1 saturated heterocycles. The fraction of sp³-hybridized carbons (Fsp3) is 0.667. The number of nitrogen functional groups attached to an aromatic ring is 1. The smallest absolute Gasteiger partial charge is 0.223 e. The number of nitrogens with zero attached hydrogens (tertiary/aromatic N) is 3. The van der Waals surface area contributed by atoms with Crippen molar-refractivity contribution in [2.75, 3.05) is 35.6 Å². The summed E-state index contributed by atoms with van der Waals surface area (Å²) in [6, 6.07) is 1.91. The van der Waals surface area contributed by atoms with Gasteiger partial charge in [0.05, 0.1) is 6.10 Å². The fourth-order valence-corrected chi connectivity index (χ4v) is 2.23. The summed E-state index contributed by atoms with van der Waals surface area (Å²) in [4.78, 5) is 10.6. The number of aliphatic hydroxyl groups is 1. The van der Waals surface area contributed by atoms with Crippen LogP contribution in [0.5, 0.6) is 0 Å². The van der Waals surface area contributed by atoms with Crippen LogP contribution in [0.1, 0.15) is 20.3 Å². The van der Waals surface area contributed by atoms with Crippen molar-refractivity contribution >= 4 is 17.6 Å². The van der Waals surface area contributed by atoms with Gasteiger partial charge < -0.3 is 21.1 Å². The molecule has 0 bridgehead atoms. The quantitative estimate of drug-likeness (QED) is 0.733. The summed E-state index contributed by atoms with van der Waals surface area (Å²) in [5.41, 5.74) is 5.72. The Bertz CT molecular complexity index is 411. The van der Waals surface area contributed by atoms with Crippen molar-refractivity contribution in [1.29, 1.82) is 0 Å². The van der Waals surface area contributed by atoms with E-state index < -0.39 is 0 Å². The monoisotopic (exact) mass is 251 g/mol. The minimum Gasteiger partial charge on any atom is -0.393 e. The molecule has 4 N–H and O–H groups in total. The number of hydrogen-bond donors (Lipinski definition) is 3. The van der Waals surface area contributed by atoms with E-state index in [1.807, 2.05) is 19.9 Å². The van der Waals surface area contributed by atoms with E-state index in [1.165, 1.54) is 0 Å². The van der Waals surface area contributed by atoms with E-state index >= 15 is 0 Å². The number of anilines is 3. The molecular formula is C12H21N5O. The largest absolute Gasteiger partial charge is 0.393 e. The van der Waals surface area contributed by atoms with Gasteiger partial charge in [0, 0.05) is 25.7 Å². The maximum atomic E-state index is 9.74. The molecule has 6 heteroatoms. The second kappa shape index (κ2) is 5.39. The van der Waals surface area contributed by atoms with Crippen LogP contribution in [-0.2, 0) is 0 Å². The minimum absolute atomic E-state index is 0.214. The second-order valence-corrected chi connectivity index (χ2v) is 4.78. The van der Waals surface area contributed by atoms with Gasteiger partial charge in [-0.1, -0.05) is 6.92 Å². The van der Waals surface area contributed by atoms with Crippen LogP contribution < -0.4 is 16.0 Å². The lowest BCUT2D eigenvalue weighted by Gasteiger charge is -2.35. The van der Waals surface area contributed by atoms with E-state index in [2.05, 4.69) is 20.2 Å². The predicted molar refractivity (Wildman–Crippen MR) is 72.6 cm³/mol. The van der Waals surface area contributed by atoms with Crippen molar-refractivity contribution in [3.05, 3.63) is 6.07 Å². The van der Waals surface area contributed by atoms with Crippen LogP contribution in [0, 0.1) is 5.92 Å². The zero-order valence-corrected chi connectivity index (χ0v) is 10.9. The number of nitrogens with two attached hydrogens (primary N) is 1. The standard InChI is InChI=1S/C12H21N5O/c1-3-14-10-6-11(16-12(13)15-10)17-5-4-9(18)8(2)7-17/h6,8-9,18H,3-5,7H2,1-2H3,(H3,13,14,15,16). The lowest BCUT2D eigenvalue weighted by atomic mass is 9.97. The molecule has 0 saturated carbocycles. The third-order valence-electron chi connectivity index (χ3n) is 3.27. The van der Waals surface area contributed by atoms with Crippen molar-refractivity contribution in [1.82, 2.24) is 9.97 Å². The van der Waals surface area contributed by atoms with E-state index in [4.69, 9.17) is 5.73 Å². The average molecular weight is 251 g/mol. The topological polar surface area (TPSA) is 87.3 Å². The molecule has 0 aromatic carbocycles. The van der Waals surface area contributed by atoms with Crippen LogP contribution in [0.2, 0.25) is 0 Å². The maximum Gasteiger partial charge on any atom is 0.223 e. The normalized spacial score (nSPS) is 24.1. The van der Waals surface area contributed by atoms with Crippen LogP contribution in [-0.4, -0.2) is 40.8 Å². The lowest BCUT2D eigenvalue weighted by molar-refractivity contribution is 0.0969. The number of rotatable bonds is 3. The molecule has 2 unspecified atom stereocenters. The summed E-state index contributed by atoms with van der Waals surface area (Å²) in [6.45, 7) is 6.45. The number of hydrogen-bond acceptors (Lipinski definition) is 6. The van der Waals surface area contributed by atoms with Crippen LogP contribution in [0.25, 0.3) is 0 Å². The van der Waals surface area contributed by atoms with E-state index in [0.29, 0.717) is 0 Å². The molecule has 1 fully saturated rings. The van der Waals surface area contributed by atoms with Crippen molar-refractivity contribution in [2.24, 2.45) is 5.92 Å². The molecule has 1 aliphatic rings. The maximum absolute atomic E-state index is 9.74. The molecule has 1 aromatic rings. The summed E-state index contributed by atoms with van der Waals surface area (Å²) < 4.78 is 0. The predicted octanol–water partition coefficient (Wildman–Crippen LogP) is 0.698. The van der Waals surface area contributed by atoms with Crippen LogP contribution in [0.15, 0.2) is 6.07 Å². The van der Waals surface area contributed by atoms with Gasteiger partial charge >= 0.3 is 0 Å². The highest BCUT2D eigenvalue weighted by molar-refractivity contribution is 5.52. The molecule has 0 spiro atoms. The molecule has 100 valence electrons. The highest BCUT2D eigenvalue weighted by Crippen LogP contribution is 2.23. The average Bonchev–Trinajstić information content (AvgIpc) is 2.32. The van der Waals surface area contributed by atoms with E-state index in [1.54, 1.807) is 0 Å². The molecule has 0 aliphatic carbocycles. The van der Waals surface area contributed by atoms with Gasteiger partial charge in [0.2, 0.25) is 5.95 Å². The number of nitrogens with one attached hydrogen (secondary N) is 1. The SMILES string of the molecule is CCNc1cc(N2CCC(O)C(C)C2)nc(N)n1. The third-order valence-corrected chi connectivity index (χ3v) is 3.27. The summed E-state index contributed by atoms with van der Waals surface area (Å²) in [6.07, 6.45) is 0.551. The van der Waals surface area contributed by atoms with Crippen molar-refractivity contribution < 1.29 is 5.11 Å². The van der Waals surface area contributed by atoms with E-state index in [0.717, 1.165) is 37.7 Å². The van der Waals surface area contributed by atoms with Gasteiger partial charge in [-0.3, -0.25) is 0 Å². The molecule has 18 heavy (non-hydrogen) atoms. The summed E-state index contributed by atoms with van der Waals surface area (Å²) in [5.74, 6) is 2.11. The van der Waals surface area contributed by atoms with Crippen LogP contribution in [0.3, 0.4) is 0 Å². The van der Waals surface area contributed by atoms with Crippen molar-refractivity contribution in [3.63, 3.8) is 0 Å². The first-order valence-corrected chi connectivity index (χ1v) is 6.41. The van der Waals surface area contributed by atoms with Crippen LogP contribution in [0.4, 0.5) is 17.6 Å². The Morgan fingerprint density at radius 1 is 1.56 bits per heavy atom. The first kappa shape index (κ1) is 12.9. The Kier molecular flexibility index (Phi) is 3.86. The van der Waals surface area contributed by atoms with Gasteiger partial charge in [-0.2, -0.15) is 9.97 Å². The van der Waals surface area contributed by atoms with Gasteiger partial charge in [0.15, 0.2) is 0 Å². The van der Waals surface area contributed by atoms with Gasteiger partial charge in [-0.25, -0.2) is 0 Å². The fourth-order valence-electron chi connectivity index (χ4n) is 2.23. The number of aliphatic hydroxyl groups excluding tert-OH is 1. The van der Waals surface area contributed by atoms with Gasteiger partial charge in [0.25, 0.3) is 0 Å². The molecule has 2 rings (SSSR count). The molecule has 0 radical (unpaired) electrons. The first-order valence-electron chi connectivity index (χ1n) is 6.41. The summed E-state index contributed by atoms with van der Waals surface area (Å²) in [5, 5.41) is 12.9. The third kappa shape index (κ3) is 2.81. The Labute approximate surface area is 107 Å². The van der Waals surface area contributed by atoms with Gasteiger partial charge in [-0.15, -0.1) is 0 Å². The van der Waals surface area contributed by atoms with Crippen molar-refractivity contribution in [3.8, 4) is 0 Å². The van der Waals surface area contributed by atoms with Gasteiger partial charge in [-0.05, 0) is 19.3 Å². The Hall–Kier alpha value is -1.56. The first-order chi connectivity index (χ1) is 8.60. The zero-order chi connectivity index (χ0) is 13.1. The van der Waals surface area contributed by atoms with E-state index in [9.17, 15) is 5.11 Å². The molecular weight excluding hydrogens is 230 g/mol. The Morgan fingerprint density at radius 3 is 3.00 bits per heavy atom. The van der Waals surface area contributed by atoms with Crippen LogP contribution >= 0.6 is 0 Å². The van der Waals surface area contributed by atoms with Crippen molar-refractivity contribution in [2.45, 2.75) is 26.4 Å². The molecule has 0 amide bonds. The number of aromatic nitrogens is 2. The van der Waals surface area contributed by atoms with E-state index in [-0.39, 0.29) is 18.0 Å².